The minimum Gasteiger partial charge on any atom is -0.459 e. The van der Waals surface area contributed by atoms with E-state index in [4.69, 9.17) is 4.42 Å². The van der Waals surface area contributed by atoms with E-state index in [0.717, 1.165) is 4.88 Å². The Morgan fingerprint density at radius 3 is 2.45 bits per heavy atom. The fraction of sp³-hybridized carbons (Fsp3) is 0.357. The molecule has 1 aliphatic rings. The number of nitrogens with zero attached hydrogens (tertiary/aromatic N) is 2. The van der Waals surface area contributed by atoms with Crippen LogP contribution in [0, 0.1) is 6.92 Å². The quantitative estimate of drug-likeness (QED) is 0.854. The second-order valence-electron chi connectivity index (χ2n) is 5.04. The number of hydrogen-bond acceptors (Lipinski definition) is 5. The highest BCUT2D eigenvalue weighted by Crippen LogP contribution is 2.25. The van der Waals surface area contributed by atoms with Gasteiger partial charge in [0.25, 0.3) is 15.9 Å². The molecule has 118 valence electrons. The van der Waals surface area contributed by atoms with E-state index in [-0.39, 0.29) is 11.7 Å². The van der Waals surface area contributed by atoms with E-state index in [2.05, 4.69) is 0 Å². The number of furan rings is 1. The summed E-state index contributed by atoms with van der Waals surface area (Å²) in [5.41, 5.74) is 0. The third-order valence-corrected chi connectivity index (χ3v) is 6.93. The zero-order chi connectivity index (χ0) is 15.7. The second kappa shape index (κ2) is 5.86. The summed E-state index contributed by atoms with van der Waals surface area (Å²) in [5, 5.41) is 0. The van der Waals surface area contributed by atoms with Crippen LogP contribution in [0.15, 0.2) is 39.2 Å². The van der Waals surface area contributed by atoms with Crippen molar-refractivity contribution in [3.63, 3.8) is 0 Å². The van der Waals surface area contributed by atoms with Crippen molar-refractivity contribution in [3.8, 4) is 0 Å². The number of hydrogen-bond donors (Lipinski definition) is 0. The molecule has 0 unspecified atom stereocenters. The number of carbonyl (C=O) groups is 1. The average Bonchev–Trinajstić information content (AvgIpc) is 3.18. The van der Waals surface area contributed by atoms with E-state index in [1.54, 1.807) is 29.2 Å². The van der Waals surface area contributed by atoms with Gasteiger partial charge in [-0.3, -0.25) is 4.79 Å². The number of rotatable bonds is 3. The van der Waals surface area contributed by atoms with Crippen LogP contribution in [0.1, 0.15) is 15.4 Å². The average molecular weight is 340 g/mol. The summed E-state index contributed by atoms with van der Waals surface area (Å²) in [7, 11) is -3.45. The molecule has 0 spiro atoms. The minimum absolute atomic E-state index is 0.200. The predicted molar refractivity (Wildman–Crippen MR) is 82.4 cm³/mol. The number of aryl methyl sites for hydroxylation is 1. The second-order valence-corrected chi connectivity index (χ2v) is 8.49. The van der Waals surface area contributed by atoms with Gasteiger partial charge < -0.3 is 9.32 Å². The Bertz CT molecular complexity index is 757. The highest BCUT2D eigenvalue weighted by molar-refractivity contribution is 7.91. The molecule has 0 aromatic carbocycles. The molecule has 1 aliphatic heterocycles. The summed E-state index contributed by atoms with van der Waals surface area (Å²) in [5.74, 6) is 0.0826. The monoisotopic (exact) mass is 340 g/mol. The normalized spacial score (nSPS) is 16.9. The van der Waals surface area contributed by atoms with Crippen LogP contribution in [0.5, 0.6) is 0 Å². The summed E-state index contributed by atoms with van der Waals surface area (Å²) in [6.07, 6.45) is 1.45. The van der Waals surface area contributed by atoms with Gasteiger partial charge in [-0.05, 0) is 31.2 Å². The van der Waals surface area contributed by atoms with Gasteiger partial charge in [0, 0.05) is 31.1 Å². The summed E-state index contributed by atoms with van der Waals surface area (Å²) >= 11 is 1.27. The number of sulfonamides is 1. The van der Waals surface area contributed by atoms with Gasteiger partial charge in [-0.1, -0.05) is 0 Å². The molecular weight excluding hydrogens is 324 g/mol. The van der Waals surface area contributed by atoms with Gasteiger partial charge in [-0.25, -0.2) is 8.42 Å². The van der Waals surface area contributed by atoms with E-state index >= 15 is 0 Å². The lowest BCUT2D eigenvalue weighted by atomic mass is 10.3. The number of carbonyl (C=O) groups excluding carboxylic acids is 1. The Kier molecular flexibility index (Phi) is 4.07. The van der Waals surface area contributed by atoms with Crippen LogP contribution in [0.3, 0.4) is 0 Å². The molecule has 0 bridgehead atoms. The first-order valence-electron chi connectivity index (χ1n) is 6.88. The molecule has 0 atom stereocenters. The molecule has 3 rings (SSSR count). The topological polar surface area (TPSA) is 70.8 Å². The molecule has 1 fully saturated rings. The van der Waals surface area contributed by atoms with Crippen LogP contribution in [-0.4, -0.2) is 49.7 Å². The van der Waals surface area contributed by atoms with Crippen molar-refractivity contribution in [2.75, 3.05) is 26.2 Å². The molecule has 1 saturated heterocycles. The molecule has 0 aliphatic carbocycles. The Morgan fingerprint density at radius 1 is 1.18 bits per heavy atom. The lowest BCUT2D eigenvalue weighted by Gasteiger charge is -2.33. The third kappa shape index (κ3) is 2.81. The molecule has 1 amide bonds. The fourth-order valence-corrected chi connectivity index (χ4v) is 5.23. The third-order valence-electron chi connectivity index (χ3n) is 3.57. The zero-order valence-corrected chi connectivity index (χ0v) is 13.7. The van der Waals surface area contributed by atoms with E-state index in [1.807, 2.05) is 6.92 Å². The molecule has 6 nitrogen and oxygen atoms in total. The van der Waals surface area contributed by atoms with E-state index in [9.17, 15) is 13.2 Å². The fourth-order valence-electron chi connectivity index (χ4n) is 2.37. The first-order valence-corrected chi connectivity index (χ1v) is 9.13. The summed E-state index contributed by atoms with van der Waals surface area (Å²) in [4.78, 5) is 14.7. The molecule has 0 radical (unpaired) electrons. The number of thiophene rings is 1. The highest BCUT2D eigenvalue weighted by atomic mass is 32.2. The molecule has 2 aromatic rings. The molecule has 22 heavy (non-hydrogen) atoms. The van der Waals surface area contributed by atoms with Crippen molar-refractivity contribution >= 4 is 27.3 Å². The Hall–Kier alpha value is -1.64. The summed E-state index contributed by atoms with van der Waals surface area (Å²) in [6.45, 7) is 3.20. The molecule has 0 saturated carbocycles. The molecular formula is C14H16N2O4S2. The molecule has 0 N–H and O–H groups in total. The Labute approximate surface area is 133 Å². The first-order chi connectivity index (χ1) is 10.5. The van der Waals surface area contributed by atoms with Crippen molar-refractivity contribution in [3.05, 3.63) is 41.2 Å². The zero-order valence-electron chi connectivity index (χ0n) is 12.1. The van der Waals surface area contributed by atoms with Gasteiger partial charge in [0.1, 0.15) is 4.21 Å². The van der Waals surface area contributed by atoms with Crippen LogP contribution >= 0.6 is 11.3 Å². The standard InChI is InChI=1S/C14H16N2O4S2/c1-11-4-5-13(21-11)22(18,19)16-8-6-15(7-9-16)14(17)12-3-2-10-20-12/h2-5,10H,6-9H2,1H3. The van der Waals surface area contributed by atoms with Gasteiger partial charge >= 0.3 is 0 Å². The van der Waals surface area contributed by atoms with Crippen molar-refractivity contribution in [2.45, 2.75) is 11.1 Å². The first kappa shape index (κ1) is 15.3. The van der Waals surface area contributed by atoms with Crippen LogP contribution < -0.4 is 0 Å². The maximum absolute atomic E-state index is 12.5. The lowest BCUT2D eigenvalue weighted by Crippen LogP contribution is -2.50. The summed E-state index contributed by atoms with van der Waals surface area (Å²) < 4.78 is 31.9. The lowest BCUT2D eigenvalue weighted by molar-refractivity contribution is 0.0666. The number of amides is 1. The van der Waals surface area contributed by atoms with Gasteiger partial charge in [0.2, 0.25) is 0 Å². The van der Waals surface area contributed by atoms with Crippen LogP contribution in [0.2, 0.25) is 0 Å². The maximum atomic E-state index is 12.5. The van der Waals surface area contributed by atoms with Crippen molar-refractivity contribution < 1.29 is 17.6 Å². The SMILES string of the molecule is Cc1ccc(S(=O)(=O)N2CCN(C(=O)c3ccco3)CC2)s1. The Morgan fingerprint density at radius 2 is 1.91 bits per heavy atom. The highest BCUT2D eigenvalue weighted by Gasteiger charge is 2.31. The van der Waals surface area contributed by atoms with Gasteiger partial charge in [0.15, 0.2) is 5.76 Å². The van der Waals surface area contributed by atoms with E-state index in [0.29, 0.717) is 30.4 Å². The minimum atomic E-state index is -3.45. The smallest absolute Gasteiger partial charge is 0.289 e. The Balaban J connectivity index is 1.68. The van der Waals surface area contributed by atoms with Gasteiger partial charge in [-0.2, -0.15) is 4.31 Å². The van der Waals surface area contributed by atoms with Crippen LogP contribution in [-0.2, 0) is 10.0 Å². The van der Waals surface area contributed by atoms with E-state index < -0.39 is 10.0 Å². The van der Waals surface area contributed by atoms with Crippen LogP contribution in [0.25, 0.3) is 0 Å². The molecule has 8 heteroatoms. The molecule has 3 heterocycles. The summed E-state index contributed by atoms with van der Waals surface area (Å²) in [6, 6.07) is 6.71. The van der Waals surface area contributed by atoms with Crippen molar-refractivity contribution in [2.24, 2.45) is 0 Å². The predicted octanol–water partition coefficient (Wildman–Crippen LogP) is 1.80. The van der Waals surface area contributed by atoms with Gasteiger partial charge in [-0.15, -0.1) is 11.3 Å². The van der Waals surface area contributed by atoms with Crippen molar-refractivity contribution in [1.29, 1.82) is 0 Å². The van der Waals surface area contributed by atoms with E-state index in [1.165, 1.54) is 21.9 Å². The maximum Gasteiger partial charge on any atom is 0.289 e. The van der Waals surface area contributed by atoms with Gasteiger partial charge in [0.05, 0.1) is 6.26 Å². The van der Waals surface area contributed by atoms with Crippen LogP contribution in [0.4, 0.5) is 0 Å². The molecule has 2 aromatic heterocycles. The van der Waals surface area contributed by atoms with Crippen molar-refractivity contribution in [1.82, 2.24) is 9.21 Å². The largest absolute Gasteiger partial charge is 0.459 e. The number of piperazine rings is 1.